The molecule has 8 nitrogen and oxygen atoms in total. The first kappa shape index (κ1) is 25.1. The Kier molecular flexibility index (Phi) is 7.40. The Morgan fingerprint density at radius 2 is 1.42 bits per heavy atom. The zero-order valence-corrected chi connectivity index (χ0v) is 21.2. The van der Waals surface area contributed by atoms with Gasteiger partial charge in [0, 0.05) is 30.5 Å². The summed E-state index contributed by atoms with van der Waals surface area (Å²) in [7, 11) is 3.15. The second-order valence-electron chi connectivity index (χ2n) is 8.87. The molecule has 0 saturated heterocycles. The number of methoxy groups -OCH3 is 2. The van der Waals surface area contributed by atoms with Crippen LogP contribution in [-0.2, 0) is 22.4 Å². The third-order valence-corrected chi connectivity index (χ3v) is 6.16. The molecule has 3 aromatic carbocycles. The van der Waals surface area contributed by atoms with E-state index in [9.17, 15) is 9.59 Å². The molecule has 0 atom stereocenters. The van der Waals surface area contributed by atoms with Crippen molar-refractivity contribution in [2.45, 2.75) is 19.3 Å². The van der Waals surface area contributed by atoms with Crippen LogP contribution in [0.2, 0.25) is 0 Å². The smallest absolute Gasteiger partial charge is 0.162 e. The Hall–Kier alpha value is -4.59. The van der Waals surface area contributed by atoms with Crippen molar-refractivity contribution in [1.29, 1.82) is 0 Å². The maximum Gasteiger partial charge on any atom is 0.162 e. The fourth-order valence-corrected chi connectivity index (χ4v) is 4.34. The van der Waals surface area contributed by atoms with Crippen LogP contribution in [0.25, 0.3) is 10.9 Å². The predicted molar refractivity (Wildman–Crippen MR) is 141 cm³/mol. The van der Waals surface area contributed by atoms with Crippen molar-refractivity contribution in [1.82, 2.24) is 4.98 Å². The SMILES string of the molecule is COc1cc2nccc(Oc3ccc(CC(=O)CC(=O)Cc4ccc5c(c4)OCCO5)cc3)c2cc1OC. The highest BCUT2D eigenvalue weighted by Crippen LogP contribution is 2.37. The van der Waals surface area contributed by atoms with Gasteiger partial charge in [-0.3, -0.25) is 14.6 Å². The van der Waals surface area contributed by atoms with Crippen LogP contribution in [0.4, 0.5) is 0 Å². The maximum absolute atomic E-state index is 12.6. The van der Waals surface area contributed by atoms with Gasteiger partial charge in [-0.15, -0.1) is 0 Å². The Morgan fingerprint density at radius 3 is 2.16 bits per heavy atom. The summed E-state index contributed by atoms with van der Waals surface area (Å²) in [6.07, 6.45) is 1.88. The largest absolute Gasteiger partial charge is 0.493 e. The molecule has 1 aliphatic rings. The average Bonchev–Trinajstić information content (AvgIpc) is 2.93. The molecule has 0 saturated carbocycles. The minimum absolute atomic E-state index is 0.124. The number of benzene rings is 3. The number of hydrogen-bond acceptors (Lipinski definition) is 8. The molecule has 2 heterocycles. The summed E-state index contributed by atoms with van der Waals surface area (Å²) < 4.78 is 27.9. The van der Waals surface area contributed by atoms with Gasteiger partial charge in [0.1, 0.15) is 36.3 Å². The van der Waals surface area contributed by atoms with E-state index in [1.807, 2.05) is 24.3 Å². The summed E-state index contributed by atoms with van der Waals surface area (Å²) in [6.45, 7) is 0.994. The summed E-state index contributed by atoms with van der Waals surface area (Å²) in [4.78, 5) is 29.4. The van der Waals surface area contributed by atoms with Crippen LogP contribution >= 0.6 is 0 Å². The van der Waals surface area contributed by atoms with Crippen LogP contribution < -0.4 is 23.7 Å². The first-order chi connectivity index (χ1) is 18.5. The number of ketones is 2. The van der Waals surface area contributed by atoms with Gasteiger partial charge in [-0.05, 0) is 47.5 Å². The van der Waals surface area contributed by atoms with Crippen molar-refractivity contribution in [2.24, 2.45) is 0 Å². The topological polar surface area (TPSA) is 93.2 Å². The number of pyridine rings is 1. The van der Waals surface area contributed by atoms with Crippen molar-refractivity contribution < 1.29 is 33.3 Å². The number of rotatable bonds is 10. The highest BCUT2D eigenvalue weighted by atomic mass is 16.6. The Bertz CT molecular complexity index is 1480. The van der Waals surface area contributed by atoms with Crippen LogP contribution in [0.5, 0.6) is 34.5 Å². The van der Waals surface area contributed by atoms with E-state index >= 15 is 0 Å². The van der Waals surface area contributed by atoms with Crippen molar-refractivity contribution in [3.63, 3.8) is 0 Å². The highest BCUT2D eigenvalue weighted by molar-refractivity contribution is 6.00. The van der Waals surface area contributed by atoms with Gasteiger partial charge in [0.15, 0.2) is 23.0 Å². The number of Topliss-reactive ketones (excluding diaryl/α,β-unsaturated/α-hetero) is 2. The number of ether oxygens (including phenoxy) is 5. The van der Waals surface area contributed by atoms with Crippen molar-refractivity contribution in [3.8, 4) is 34.5 Å². The molecule has 194 valence electrons. The molecular formula is C30H27NO7. The van der Waals surface area contributed by atoms with Crippen molar-refractivity contribution in [3.05, 3.63) is 78.0 Å². The van der Waals surface area contributed by atoms with Crippen LogP contribution in [0, 0.1) is 0 Å². The molecular weight excluding hydrogens is 486 g/mol. The van der Waals surface area contributed by atoms with Gasteiger partial charge in [0.05, 0.1) is 26.2 Å². The van der Waals surface area contributed by atoms with E-state index in [1.165, 1.54) is 0 Å². The molecule has 1 aliphatic heterocycles. The van der Waals surface area contributed by atoms with Crippen molar-refractivity contribution in [2.75, 3.05) is 27.4 Å². The first-order valence-electron chi connectivity index (χ1n) is 12.2. The summed E-state index contributed by atoms with van der Waals surface area (Å²) in [5.41, 5.74) is 2.32. The van der Waals surface area contributed by atoms with Gasteiger partial charge in [-0.1, -0.05) is 18.2 Å². The Balaban J connectivity index is 1.19. The molecule has 0 amide bonds. The number of aromatic nitrogens is 1. The molecule has 38 heavy (non-hydrogen) atoms. The molecule has 8 heteroatoms. The fourth-order valence-electron chi connectivity index (χ4n) is 4.34. The molecule has 0 spiro atoms. The van der Waals surface area contributed by atoms with E-state index < -0.39 is 0 Å². The van der Waals surface area contributed by atoms with Crippen LogP contribution in [-0.4, -0.2) is 44.0 Å². The lowest BCUT2D eigenvalue weighted by molar-refractivity contribution is -0.126. The quantitative estimate of drug-likeness (QED) is 0.270. The van der Waals surface area contributed by atoms with E-state index in [-0.39, 0.29) is 30.8 Å². The monoisotopic (exact) mass is 513 g/mol. The lowest BCUT2D eigenvalue weighted by atomic mass is 10.0. The molecule has 0 aliphatic carbocycles. The van der Waals surface area contributed by atoms with Gasteiger partial charge in [-0.25, -0.2) is 0 Å². The van der Waals surface area contributed by atoms with E-state index in [2.05, 4.69) is 4.98 Å². The Morgan fingerprint density at radius 1 is 0.763 bits per heavy atom. The highest BCUT2D eigenvalue weighted by Gasteiger charge is 2.16. The first-order valence-corrected chi connectivity index (χ1v) is 12.2. The van der Waals surface area contributed by atoms with E-state index in [1.54, 1.807) is 56.8 Å². The third kappa shape index (κ3) is 5.70. The molecule has 0 fully saturated rings. The summed E-state index contributed by atoms with van der Waals surface area (Å²) in [5.74, 6) is 3.42. The Labute approximate surface area is 220 Å². The summed E-state index contributed by atoms with van der Waals surface area (Å²) in [6, 6.07) is 18.1. The van der Waals surface area contributed by atoms with Gasteiger partial charge in [0.25, 0.3) is 0 Å². The second kappa shape index (κ2) is 11.2. The van der Waals surface area contributed by atoms with Gasteiger partial charge >= 0.3 is 0 Å². The van der Waals surface area contributed by atoms with E-state index in [4.69, 9.17) is 23.7 Å². The van der Waals surface area contributed by atoms with Crippen LogP contribution in [0.3, 0.4) is 0 Å². The lowest BCUT2D eigenvalue weighted by Crippen LogP contribution is -2.16. The second-order valence-corrected chi connectivity index (χ2v) is 8.87. The molecule has 0 bridgehead atoms. The molecule has 1 aromatic heterocycles. The minimum Gasteiger partial charge on any atom is -0.493 e. The van der Waals surface area contributed by atoms with E-state index in [0.717, 1.165) is 16.5 Å². The number of fused-ring (bicyclic) bond motifs is 2. The van der Waals surface area contributed by atoms with Crippen molar-refractivity contribution >= 4 is 22.5 Å². The minimum atomic E-state index is -0.137. The standard InChI is InChI=1S/C30H27NO7/c1-34-28-17-24-25(18-29(28)35-2)31-10-9-26(24)38-23-6-3-19(4-7-23)13-21(32)16-22(33)14-20-5-8-27-30(15-20)37-12-11-36-27/h3-10,15,17-18H,11-14,16H2,1-2H3. The third-order valence-electron chi connectivity index (χ3n) is 6.16. The fraction of sp³-hybridized carbons (Fsp3) is 0.233. The molecule has 0 N–H and O–H groups in total. The zero-order valence-electron chi connectivity index (χ0n) is 21.2. The van der Waals surface area contributed by atoms with Crippen LogP contribution in [0.1, 0.15) is 17.5 Å². The zero-order chi connectivity index (χ0) is 26.5. The predicted octanol–water partition coefficient (Wildman–Crippen LogP) is 5.13. The maximum atomic E-state index is 12.6. The van der Waals surface area contributed by atoms with Crippen LogP contribution in [0.15, 0.2) is 66.9 Å². The number of hydrogen-bond donors (Lipinski definition) is 0. The van der Waals surface area contributed by atoms with E-state index in [0.29, 0.717) is 53.2 Å². The molecule has 0 unspecified atom stereocenters. The molecule has 5 rings (SSSR count). The number of carbonyl (C=O) groups excluding carboxylic acids is 2. The molecule has 4 aromatic rings. The summed E-state index contributed by atoms with van der Waals surface area (Å²) >= 11 is 0. The normalized spacial score (nSPS) is 12.2. The lowest BCUT2D eigenvalue weighted by Gasteiger charge is -2.18. The summed E-state index contributed by atoms with van der Waals surface area (Å²) in [5, 5.41) is 0.779. The number of carbonyl (C=O) groups is 2. The molecule has 0 radical (unpaired) electrons. The van der Waals surface area contributed by atoms with Gasteiger partial charge < -0.3 is 23.7 Å². The average molecular weight is 514 g/mol. The van der Waals surface area contributed by atoms with Gasteiger partial charge in [-0.2, -0.15) is 0 Å². The van der Waals surface area contributed by atoms with Gasteiger partial charge in [0.2, 0.25) is 0 Å². The number of nitrogens with zero attached hydrogens (tertiary/aromatic N) is 1.